The fraction of sp³-hybridized carbons (Fsp3) is 0.429. The number of hydrogen-bond acceptors (Lipinski definition) is 5. The molecule has 20 heavy (non-hydrogen) atoms. The van der Waals surface area contributed by atoms with Crippen molar-refractivity contribution in [1.29, 1.82) is 0 Å². The normalized spacial score (nSPS) is 11.6. The predicted molar refractivity (Wildman–Crippen MR) is 79.6 cm³/mol. The summed E-state index contributed by atoms with van der Waals surface area (Å²) in [7, 11) is 1.77. The molecule has 6 heteroatoms. The maximum Gasteiger partial charge on any atom is 0.273 e. The van der Waals surface area contributed by atoms with Gasteiger partial charge in [-0.2, -0.15) is 0 Å². The van der Waals surface area contributed by atoms with Gasteiger partial charge in [-0.25, -0.2) is 4.98 Å². The lowest BCUT2D eigenvalue weighted by molar-refractivity contribution is 0.0735. The van der Waals surface area contributed by atoms with Gasteiger partial charge in [0.05, 0.1) is 6.26 Å². The molecule has 1 amide bonds. The molecule has 2 N–H and O–H groups in total. The molecule has 0 aliphatic carbocycles. The maximum absolute atomic E-state index is 12.3. The Balaban J connectivity index is 2.10. The van der Waals surface area contributed by atoms with Crippen molar-refractivity contribution in [1.82, 2.24) is 9.88 Å². The molecule has 2 aromatic heterocycles. The number of carbonyl (C=O) groups is 1. The lowest BCUT2D eigenvalue weighted by Crippen LogP contribution is -2.39. The molecule has 0 saturated heterocycles. The van der Waals surface area contributed by atoms with Crippen LogP contribution >= 0.6 is 11.3 Å². The third-order valence-corrected chi connectivity index (χ3v) is 3.95. The Kier molecular flexibility index (Phi) is 4.25. The molecule has 5 nitrogen and oxygen atoms in total. The zero-order valence-corrected chi connectivity index (χ0v) is 12.7. The van der Waals surface area contributed by atoms with Gasteiger partial charge in [0.15, 0.2) is 0 Å². The van der Waals surface area contributed by atoms with Gasteiger partial charge < -0.3 is 15.1 Å². The summed E-state index contributed by atoms with van der Waals surface area (Å²) in [5, 5.41) is 2.56. The fourth-order valence-electron chi connectivity index (χ4n) is 1.86. The molecule has 0 saturated carbocycles. The van der Waals surface area contributed by atoms with E-state index in [0.29, 0.717) is 18.8 Å². The van der Waals surface area contributed by atoms with E-state index in [9.17, 15) is 4.79 Å². The second-order valence-electron chi connectivity index (χ2n) is 5.58. The number of aromatic nitrogens is 1. The zero-order valence-electron chi connectivity index (χ0n) is 11.9. The summed E-state index contributed by atoms with van der Waals surface area (Å²) in [6.07, 6.45) is 3.21. The van der Waals surface area contributed by atoms with Crippen molar-refractivity contribution in [2.75, 3.05) is 20.1 Å². The molecule has 0 bridgehead atoms. The molecule has 0 aliphatic rings. The summed E-state index contributed by atoms with van der Waals surface area (Å²) < 4.78 is 5.02. The van der Waals surface area contributed by atoms with Gasteiger partial charge in [0.1, 0.15) is 17.0 Å². The van der Waals surface area contributed by atoms with E-state index in [0.717, 1.165) is 10.6 Å². The number of furan rings is 1. The summed E-state index contributed by atoms with van der Waals surface area (Å²) in [5.74, 6) is -0.0856. The first-order chi connectivity index (χ1) is 9.43. The molecule has 0 aliphatic heterocycles. The lowest BCUT2D eigenvalue weighted by atomic mass is 9.93. The molecule has 0 unspecified atom stereocenters. The van der Waals surface area contributed by atoms with E-state index in [2.05, 4.69) is 4.98 Å². The van der Waals surface area contributed by atoms with Crippen LogP contribution in [-0.2, 0) is 0 Å². The van der Waals surface area contributed by atoms with Crippen LogP contribution in [0.3, 0.4) is 0 Å². The minimum atomic E-state index is -0.103. The highest BCUT2D eigenvalue weighted by atomic mass is 32.1. The Hall–Kier alpha value is -1.66. The maximum atomic E-state index is 12.3. The first-order valence-electron chi connectivity index (χ1n) is 6.36. The van der Waals surface area contributed by atoms with E-state index < -0.39 is 0 Å². The van der Waals surface area contributed by atoms with Crippen molar-refractivity contribution in [3.8, 4) is 10.6 Å². The van der Waals surface area contributed by atoms with E-state index in [-0.39, 0.29) is 11.3 Å². The molecule has 0 radical (unpaired) electrons. The van der Waals surface area contributed by atoms with Gasteiger partial charge in [0, 0.05) is 24.5 Å². The molecular weight excluding hydrogens is 274 g/mol. The van der Waals surface area contributed by atoms with E-state index in [1.165, 1.54) is 11.3 Å². The molecule has 2 rings (SSSR count). The van der Waals surface area contributed by atoms with Gasteiger partial charge in [-0.3, -0.25) is 4.79 Å². The van der Waals surface area contributed by atoms with Crippen LogP contribution in [0.15, 0.2) is 28.4 Å². The van der Waals surface area contributed by atoms with Crippen LogP contribution in [0.4, 0.5) is 0 Å². The number of rotatable bonds is 5. The van der Waals surface area contributed by atoms with Crippen molar-refractivity contribution in [2.45, 2.75) is 13.8 Å². The average Bonchev–Trinajstić information content (AvgIpc) is 3.07. The Labute approximate surface area is 122 Å². The third kappa shape index (κ3) is 3.26. The summed E-state index contributed by atoms with van der Waals surface area (Å²) in [5.41, 5.74) is 6.94. The number of nitrogens with two attached hydrogens (primary N) is 1. The third-order valence-electron chi connectivity index (χ3n) is 3.06. The zero-order chi connectivity index (χ0) is 14.8. The van der Waals surface area contributed by atoms with Crippen LogP contribution in [-0.4, -0.2) is 35.9 Å². The molecule has 2 aromatic rings. The van der Waals surface area contributed by atoms with Crippen LogP contribution in [0.1, 0.15) is 24.3 Å². The minimum Gasteiger partial charge on any atom is -0.472 e. The number of amides is 1. The Morgan fingerprint density at radius 2 is 2.30 bits per heavy atom. The smallest absolute Gasteiger partial charge is 0.273 e. The SMILES string of the molecule is CN(CC(C)(C)CN)C(=O)c1csc(-c2ccoc2)n1. The van der Waals surface area contributed by atoms with Gasteiger partial charge >= 0.3 is 0 Å². The van der Waals surface area contributed by atoms with Crippen LogP contribution in [0.2, 0.25) is 0 Å². The number of nitrogens with zero attached hydrogens (tertiary/aromatic N) is 2. The van der Waals surface area contributed by atoms with E-state index in [4.69, 9.17) is 10.2 Å². The quantitative estimate of drug-likeness (QED) is 0.919. The van der Waals surface area contributed by atoms with E-state index >= 15 is 0 Å². The van der Waals surface area contributed by atoms with Crippen LogP contribution in [0, 0.1) is 5.41 Å². The van der Waals surface area contributed by atoms with Gasteiger partial charge in [-0.15, -0.1) is 11.3 Å². The van der Waals surface area contributed by atoms with Crippen molar-refractivity contribution in [2.24, 2.45) is 11.1 Å². The molecule has 0 atom stereocenters. The van der Waals surface area contributed by atoms with Crippen molar-refractivity contribution >= 4 is 17.2 Å². The van der Waals surface area contributed by atoms with E-state index in [1.54, 1.807) is 29.9 Å². The molecular formula is C14H19N3O2S. The van der Waals surface area contributed by atoms with Crippen molar-refractivity contribution in [3.63, 3.8) is 0 Å². The van der Waals surface area contributed by atoms with Crippen molar-refractivity contribution in [3.05, 3.63) is 29.7 Å². The standard InChI is InChI=1S/C14H19N3O2S/c1-14(2,8-15)9-17(3)13(18)11-7-20-12(16-11)10-4-5-19-6-10/h4-7H,8-9,15H2,1-3H3. The fourth-order valence-corrected chi connectivity index (χ4v) is 2.64. The summed E-state index contributed by atoms with van der Waals surface area (Å²) in [6, 6.07) is 1.83. The second kappa shape index (κ2) is 5.76. The Morgan fingerprint density at radius 3 is 2.90 bits per heavy atom. The van der Waals surface area contributed by atoms with Gasteiger partial charge in [-0.1, -0.05) is 13.8 Å². The highest BCUT2D eigenvalue weighted by Crippen LogP contribution is 2.25. The molecule has 0 fully saturated rings. The lowest BCUT2D eigenvalue weighted by Gasteiger charge is -2.28. The molecule has 0 aromatic carbocycles. The summed E-state index contributed by atoms with van der Waals surface area (Å²) in [4.78, 5) is 18.4. The molecule has 2 heterocycles. The van der Waals surface area contributed by atoms with Crippen molar-refractivity contribution < 1.29 is 9.21 Å². The molecule has 108 valence electrons. The number of hydrogen-bond donors (Lipinski definition) is 1. The van der Waals surface area contributed by atoms with Gasteiger partial charge in [-0.05, 0) is 18.0 Å². The number of carbonyl (C=O) groups excluding carboxylic acids is 1. The van der Waals surface area contributed by atoms with E-state index in [1.807, 2.05) is 19.9 Å². The monoisotopic (exact) mass is 293 g/mol. The largest absolute Gasteiger partial charge is 0.472 e. The summed E-state index contributed by atoms with van der Waals surface area (Å²) in [6.45, 7) is 5.20. The second-order valence-corrected chi connectivity index (χ2v) is 6.44. The van der Waals surface area contributed by atoms with Gasteiger partial charge in [0.2, 0.25) is 0 Å². The van der Waals surface area contributed by atoms with Crippen LogP contribution in [0.25, 0.3) is 10.6 Å². The van der Waals surface area contributed by atoms with Crippen LogP contribution < -0.4 is 5.73 Å². The van der Waals surface area contributed by atoms with Crippen LogP contribution in [0.5, 0.6) is 0 Å². The minimum absolute atomic E-state index is 0.0856. The Morgan fingerprint density at radius 1 is 1.55 bits per heavy atom. The highest BCUT2D eigenvalue weighted by molar-refractivity contribution is 7.13. The highest BCUT2D eigenvalue weighted by Gasteiger charge is 2.23. The number of thiazole rings is 1. The van der Waals surface area contributed by atoms with Gasteiger partial charge in [0.25, 0.3) is 5.91 Å². The average molecular weight is 293 g/mol. The Bertz CT molecular complexity index is 575. The summed E-state index contributed by atoms with van der Waals surface area (Å²) >= 11 is 1.43. The first-order valence-corrected chi connectivity index (χ1v) is 7.24. The topological polar surface area (TPSA) is 72.4 Å². The predicted octanol–water partition coefficient (Wildman–Crippen LogP) is 2.46. The molecule has 0 spiro atoms. The first kappa shape index (κ1) is 14.7.